The van der Waals surface area contributed by atoms with Crippen LogP contribution in [0.3, 0.4) is 0 Å². The lowest BCUT2D eigenvalue weighted by Crippen LogP contribution is -2.15. The molecule has 1 fully saturated rings. The average molecular weight is 451 g/mol. The molecule has 1 aliphatic carbocycles. The molecule has 1 N–H and O–H groups in total. The van der Waals surface area contributed by atoms with Crippen LogP contribution < -0.4 is 9.46 Å². The summed E-state index contributed by atoms with van der Waals surface area (Å²) in [5, 5.41) is 9.15. The molecule has 9 nitrogen and oxygen atoms in total. The lowest BCUT2D eigenvalue weighted by atomic mass is 9.85. The minimum absolute atomic E-state index is 0.0569. The van der Waals surface area contributed by atoms with Crippen molar-refractivity contribution in [1.29, 1.82) is 5.26 Å². The Kier molecular flexibility index (Phi) is 5.76. The number of sulfonamides is 1. The molecule has 4 rings (SSSR count). The van der Waals surface area contributed by atoms with Gasteiger partial charge in [0, 0.05) is 23.9 Å². The van der Waals surface area contributed by atoms with Gasteiger partial charge in [0.15, 0.2) is 5.75 Å². The lowest BCUT2D eigenvalue weighted by molar-refractivity contribution is 0.394. The molecule has 1 saturated carbocycles. The second kappa shape index (κ2) is 8.51. The summed E-state index contributed by atoms with van der Waals surface area (Å²) in [6.07, 6.45) is 7.43. The van der Waals surface area contributed by atoms with E-state index in [1.54, 1.807) is 24.4 Å². The summed E-state index contributed by atoms with van der Waals surface area (Å²) in [5.41, 5.74) is 2.96. The molecule has 0 spiro atoms. The van der Waals surface area contributed by atoms with Crippen molar-refractivity contribution >= 4 is 15.7 Å². The Bertz CT molecular complexity index is 1310. The van der Waals surface area contributed by atoms with Gasteiger partial charge in [0.25, 0.3) is 0 Å². The van der Waals surface area contributed by atoms with Crippen molar-refractivity contribution in [2.45, 2.75) is 39.0 Å². The van der Waals surface area contributed by atoms with Crippen LogP contribution in [0.15, 0.2) is 30.6 Å². The van der Waals surface area contributed by atoms with Gasteiger partial charge >= 0.3 is 0 Å². The fourth-order valence-electron chi connectivity index (χ4n) is 3.42. The van der Waals surface area contributed by atoms with Gasteiger partial charge in [-0.25, -0.2) is 23.4 Å². The first-order chi connectivity index (χ1) is 15.2. The first-order valence-electron chi connectivity index (χ1n) is 10.1. The molecule has 164 valence electrons. The van der Waals surface area contributed by atoms with Gasteiger partial charge < -0.3 is 4.74 Å². The van der Waals surface area contributed by atoms with Gasteiger partial charge in [-0.05, 0) is 44.9 Å². The molecule has 1 aliphatic rings. The third kappa shape index (κ3) is 4.68. The van der Waals surface area contributed by atoms with Crippen molar-refractivity contribution in [1.82, 2.24) is 19.9 Å². The minimum atomic E-state index is -3.57. The van der Waals surface area contributed by atoms with Crippen LogP contribution >= 0.6 is 0 Å². The minimum Gasteiger partial charge on any atom is -0.433 e. The zero-order chi connectivity index (χ0) is 22.9. The summed E-state index contributed by atoms with van der Waals surface area (Å²) in [6, 6.07) is 6.89. The first kappa shape index (κ1) is 21.6. The van der Waals surface area contributed by atoms with Gasteiger partial charge in [-0.1, -0.05) is 6.42 Å². The fraction of sp³-hybridized carbons (Fsp3) is 0.318. The van der Waals surface area contributed by atoms with Crippen molar-refractivity contribution < 1.29 is 13.2 Å². The number of anilines is 1. The highest BCUT2D eigenvalue weighted by atomic mass is 32.2. The van der Waals surface area contributed by atoms with E-state index in [0.717, 1.165) is 24.9 Å². The van der Waals surface area contributed by atoms with Gasteiger partial charge in [-0.2, -0.15) is 5.26 Å². The lowest BCUT2D eigenvalue weighted by Gasteiger charge is -2.25. The average Bonchev–Trinajstić information content (AvgIpc) is 2.69. The third-order valence-electron chi connectivity index (χ3n) is 5.21. The highest BCUT2D eigenvalue weighted by molar-refractivity contribution is 7.92. The Morgan fingerprint density at radius 1 is 1.12 bits per heavy atom. The summed E-state index contributed by atoms with van der Waals surface area (Å²) in [5.74, 6) is 1.68. The Morgan fingerprint density at radius 2 is 1.84 bits per heavy atom. The van der Waals surface area contributed by atoms with Crippen molar-refractivity contribution in [3.05, 3.63) is 53.4 Å². The highest BCUT2D eigenvalue weighted by Crippen LogP contribution is 2.37. The topological polar surface area (TPSA) is 131 Å². The molecule has 0 aromatic carbocycles. The van der Waals surface area contributed by atoms with Crippen LogP contribution in [-0.2, 0) is 10.0 Å². The molecule has 3 aromatic rings. The number of nitrogens with zero attached hydrogens (tertiary/aromatic N) is 5. The van der Waals surface area contributed by atoms with Gasteiger partial charge in [0.05, 0.1) is 28.9 Å². The normalized spacial score (nSPS) is 13.8. The highest BCUT2D eigenvalue weighted by Gasteiger charge is 2.25. The number of aryl methyl sites for hydroxylation is 2. The predicted octanol–water partition coefficient (Wildman–Crippen LogP) is 3.85. The molecular formula is C22H22N6O3S. The molecule has 3 aromatic heterocycles. The number of pyridine rings is 2. The van der Waals surface area contributed by atoms with Gasteiger partial charge in [-0.15, -0.1) is 0 Å². The van der Waals surface area contributed by atoms with E-state index in [1.807, 2.05) is 19.9 Å². The first-order valence-corrected chi connectivity index (χ1v) is 12.0. The van der Waals surface area contributed by atoms with E-state index in [0.29, 0.717) is 39.9 Å². The Morgan fingerprint density at radius 3 is 2.44 bits per heavy atom. The summed E-state index contributed by atoms with van der Waals surface area (Å²) in [7, 11) is -3.57. The number of ether oxygens (including phenoxy) is 1. The third-order valence-corrected chi connectivity index (χ3v) is 5.80. The second-order valence-corrected chi connectivity index (χ2v) is 9.56. The molecule has 0 saturated heterocycles. The van der Waals surface area contributed by atoms with Crippen LogP contribution in [0.4, 0.5) is 5.69 Å². The van der Waals surface area contributed by atoms with Crippen molar-refractivity contribution in [3.63, 3.8) is 0 Å². The monoisotopic (exact) mass is 450 g/mol. The van der Waals surface area contributed by atoms with Gasteiger partial charge in [-0.3, -0.25) is 9.71 Å². The number of rotatable bonds is 6. The van der Waals surface area contributed by atoms with Crippen LogP contribution in [0.2, 0.25) is 0 Å². The molecule has 0 atom stereocenters. The van der Waals surface area contributed by atoms with E-state index >= 15 is 0 Å². The van der Waals surface area contributed by atoms with Crippen molar-refractivity contribution in [2.75, 3.05) is 11.0 Å². The summed E-state index contributed by atoms with van der Waals surface area (Å²) < 4.78 is 32.3. The standard InChI is InChI=1S/C22H22N6O3S/c1-13-20(14(2)26-21(25-13)16-5-4-6-16)31-22-19(28-32(3,29)30)8-7-18(27-22)17-9-15(10-23)11-24-12-17/h7-9,11-12,16,28H,4-6H2,1-3H3. The maximum absolute atomic E-state index is 11.9. The number of hydrogen-bond acceptors (Lipinski definition) is 8. The van der Waals surface area contributed by atoms with Gasteiger partial charge in [0.1, 0.15) is 17.6 Å². The van der Waals surface area contributed by atoms with E-state index < -0.39 is 10.0 Å². The van der Waals surface area contributed by atoms with Crippen LogP contribution in [0.1, 0.15) is 48.0 Å². The SMILES string of the molecule is Cc1nc(C2CCC2)nc(C)c1Oc1nc(-c2cncc(C#N)c2)ccc1NS(C)(=O)=O. The quantitative estimate of drug-likeness (QED) is 0.599. The van der Waals surface area contributed by atoms with E-state index in [2.05, 4.69) is 24.7 Å². The second-order valence-electron chi connectivity index (χ2n) is 7.81. The molecule has 10 heteroatoms. The molecule has 0 radical (unpaired) electrons. The summed E-state index contributed by atoms with van der Waals surface area (Å²) in [4.78, 5) is 17.8. The van der Waals surface area contributed by atoms with Crippen LogP contribution in [-0.4, -0.2) is 34.6 Å². The smallest absolute Gasteiger partial charge is 0.244 e. The molecule has 32 heavy (non-hydrogen) atoms. The Hall–Kier alpha value is -3.58. The summed E-state index contributed by atoms with van der Waals surface area (Å²) in [6.45, 7) is 3.67. The predicted molar refractivity (Wildman–Crippen MR) is 119 cm³/mol. The van der Waals surface area contributed by atoms with Gasteiger partial charge in [0.2, 0.25) is 15.9 Å². The maximum Gasteiger partial charge on any atom is 0.244 e. The van der Waals surface area contributed by atoms with Crippen molar-refractivity contribution in [3.8, 4) is 29.0 Å². The number of nitrogens with one attached hydrogen (secondary N) is 1. The van der Waals surface area contributed by atoms with E-state index in [1.165, 1.54) is 12.6 Å². The molecule has 0 amide bonds. The Labute approximate surface area is 186 Å². The molecule has 3 heterocycles. The number of aromatic nitrogens is 4. The number of hydrogen-bond donors (Lipinski definition) is 1. The summed E-state index contributed by atoms with van der Waals surface area (Å²) >= 11 is 0. The molecule has 0 unspecified atom stereocenters. The maximum atomic E-state index is 11.9. The molecular weight excluding hydrogens is 428 g/mol. The van der Waals surface area contributed by atoms with Crippen molar-refractivity contribution in [2.24, 2.45) is 0 Å². The number of nitriles is 1. The van der Waals surface area contributed by atoms with Crippen LogP contribution in [0, 0.1) is 25.2 Å². The molecule has 0 bridgehead atoms. The van der Waals surface area contributed by atoms with E-state index in [4.69, 9.17) is 10.00 Å². The van der Waals surface area contributed by atoms with E-state index in [-0.39, 0.29) is 11.6 Å². The zero-order valence-corrected chi connectivity index (χ0v) is 18.8. The zero-order valence-electron chi connectivity index (χ0n) is 18.0. The van der Waals surface area contributed by atoms with E-state index in [9.17, 15) is 8.42 Å². The Balaban J connectivity index is 1.76. The van der Waals surface area contributed by atoms with Crippen LogP contribution in [0.5, 0.6) is 11.6 Å². The fourth-order valence-corrected chi connectivity index (χ4v) is 3.98. The van der Waals surface area contributed by atoms with Crippen LogP contribution in [0.25, 0.3) is 11.3 Å². The molecule has 0 aliphatic heterocycles. The largest absolute Gasteiger partial charge is 0.433 e.